The molecular weight excluding hydrogens is 216 g/mol. The van der Waals surface area contributed by atoms with Crippen molar-refractivity contribution in [3.05, 3.63) is 17.5 Å². The highest BCUT2D eigenvalue weighted by molar-refractivity contribution is 5.98. The Morgan fingerprint density at radius 1 is 1.47 bits per heavy atom. The van der Waals surface area contributed by atoms with Crippen molar-refractivity contribution < 1.29 is 9.36 Å². The number of hydrogen-bond donors (Lipinski definition) is 2. The van der Waals surface area contributed by atoms with Crippen LogP contribution in [0, 0.1) is 5.41 Å². The lowest BCUT2D eigenvalue weighted by molar-refractivity contribution is -0.690. The largest absolute Gasteiger partial charge is 0.389 e. The summed E-state index contributed by atoms with van der Waals surface area (Å²) in [5, 5.41) is 0. The third kappa shape index (κ3) is 2.15. The van der Waals surface area contributed by atoms with Gasteiger partial charge in [0.15, 0.2) is 5.78 Å². The van der Waals surface area contributed by atoms with E-state index < -0.39 is 0 Å². The molecule has 0 radical (unpaired) electrons. The van der Waals surface area contributed by atoms with Crippen LogP contribution in [0.5, 0.6) is 0 Å². The molecule has 2 rings (SSSR count). The number of hydrogen-bond acceptors (Lipinski definition) is 4. The normalized spacial score (nSPS) is 17.9. The lowest BCUT2D eigenvalue weighted by Gasteiger charge is -2.29. The second kappa shape index (κ2) is 4.07. The van der Waals surface area contributed by atoms with Gasteiger partial charge in [-0.1, -0.05) is 18.8 Å². The number of Topliss-reactive ketones (excluding diaryl/α,β-unsaturated/α-hetero) is 1. The number of rotatable bonds is 2. The zero-order valence-electron chi connectivity index (χ0n) is 10.4. The molecule has 1 aromatic heterocycles. The molecule has 0 amide bonds. The van der Waals surface area contributed by atoms with Crippen LogP contribution in [0.15, 0.2) is 6.20 Å². The summed E-state index contributed by atoms with van der Waals surface area (Å²) < 4.78 is 1.87. The average Bonchev–Trinajstić information content (AvgIpc) is 2.21. The highest BCUT2D eigenvalue weighted by atomic mass is 16.1. The first kappa shape index (κ1) is 12.0. The number of anilines is 1. The Balaban J connectivity index is 2.56. The minimum atomic E-state index is -0.0196. The van der Waals surface area contributed by atoms with Crippen LogP contribution in [0.3, 0.4) is 0 Å². The zero-order chi connectivity index (χ0) is 12.6. The summed E-state index contributed by atoms with van der Waals surface area (Å²) in [7, 11) is 0. The van der Waals surface area contributed by atoms with E-state index in [9.17, 15) is 4.79 Å². The quantitative estimate of drug-likeness (QED) is 0.710. The molecule has 5 nitrogen and oxygen atoms in total. The van der Waals surface area contributed by atoms with Crippen LogP contribution in [-0.2, 0) is 13.0 Å². The Kier molecular flexibility index (Phi) is 2.87. The molecule has 0 saturated heterocycles. The van der Waals surface area contributed by atoms with Gasteiger partial charge in [-0.25, -0.2) is 4.57 Å². The Morgan fingerprint density at radius 3 is 2.82 bits per heavy atom. The van der Waals surface area contributed by atoms with E-state index in [-0.39, 0.29) is 11.2 Å². The summed E-state index contributed by atoms with van der Waals surface area (Å²) in [6.07, 6.45) is 2.99. The Hall–Kier alpha value is -1.49. The van der Waals surface area contributed by atoms with Crippen LogP contribution < -0.4 is 16.0 Å². The van der Waals surface area contributed by atoms with Gasteiger partial charge in [0, 0.05) is 19.4 Å². The van der Waals surface area contributed by atoms with Crippen LogP contribution in [0.1, 0.15) is 36.3 Å². The average molecular weight is 235 g/mol. The van der Waals surface area contributed by atoms with Gasteiger partial charge in [0.05, 0.1) is 17.8 Å². The minimum Gasteiger partial charge on any atom is -0.328 e. The predicted octanol–water partition coefficient (Wildman–Crippen LogP) is 0.0651. The van der Waals surface area contributed by atoms with Gasteiger partial charge < -0.3 is 5.73 Å². The fraction of sp³-hybridized carbons (Fsp3) is 0.583. The minimum absolute atomic E-state index is 0.0196. The molecule has 0 fully saturated rings. The fourth-order valence-corrected chi connectivity index (χ4v) is 2.41. The maximum absolute atomic E-state index is 12.0. The highest BCUT2D eigenvalue weighted by Gasteiger charge is 2.35. The monoisotopic (exact) mass is 235 g/mol. The van der Waals surface area contributed by atoms with Crippen LogP contribution >= 0.6 is 0 Å². The van der Waals surface area contributed by atoms with Crippen LogP contribution in [0.25, 0.3) is 0 Å². The molecule has 17 heavy (non-hydrogen) atoms. The van der Waals surface area contributed by atoms with E-state index >= 15 is 0 Å². The van der Waals surface area contributed by atoms with Gasteiger partial charge in [0.2, 0.25) is 0 Å². The van der Waals surface area contributed by atoms with Crippen molar-refractivity contribution >= 4 is 11.7 Å². The second-order valence-electron chi connectivity index (χ2n) is 5.36. The molecule has 1 aliphatic carbocycles. The molecule has 0 unspecified atom stereocenters. The molecule has 1 aliphatic rings. The lowest BCUT2D eigenvalue weighted by atomic mass is 9.76. The van der Waals surface area contributed by atoms with E-state index in [1.807, 2.05) is 4.57 Å². The van der Waals surface area contributed by atoms with E-state index in [0.29, 0.717) is 31.0 Å². The number of ketones is 1. The Bertz CT molecular complexity index is 468. The maximum atomic E-state index is 12.0. The van der Waals surface area contributed by atoms with E-state index in [1.54, 1.807) is 6.20 Å². The third-order valence-corrected chi connectivity index (χ3v) is 3.18. The molecule has 92 valence electrons. The summed E-state index contributed by atoms with van der Waals surface area (Å²) in [5.74, 6) is 0.578. The molecule has 4 N–H and O–H groups in total. The van der Waals surface area contributed by atoms with Gasteiger partial charge in [-0.05, 0) is 5.41 Å². The molecule has 0 saturated carbocycles. The van der Waals surface area contributed by atoms with Gasteiger partial charge in [0.1, 0.15) is 6.20 Å². The molecule has 0 aliphatic heterocycles. The summed E-state index contributed by atoms with van der Waals surface area (Å²) in [6.45, 7) is 5.28. The number of aromatic nitrogens is 2. The lowest BCUT2D eigenvalue weighted by Crippen LogP contribution is -2.49. The van der Waals surface area contributed by atoms with Crippen molar-refractivity contribution in [2.24, 2.45) is 11.1 Å². The SMILES string of the molecule is CC1(C)CC(=O)c2cnc(N)[n+](CCN)c2C1. The highest BCUT2D eigenvalue weighted by Crippen LogP contribution is 2.32. The number of carbonyl (C=O) groups is 1. The molecule has 1 aromatic rings. The maximum Gasteiger partial charge on any atom is 0.389 e. The standard InChI is InChI=1S/C12H18N4O/c1-12(2)5-9-8(10(17)6-12)7-15-11(14)16(9)4-3-13/h7,14H,3-6,13H2,1-2H3/p+1. The molecule has 0 bridgehead atoms. The molecular formula is C12H19N4O+. The first-order chi connectivity index (χ1) is 7.94. The number of nitrogens with two attached hydrogens (primary N) is 2. The summed E-state index contributed by atoms with van der Waals surface area (Å²) >= 11 is 0. The van der Waals surface area contributed by atoms with E-state index in [1.165, 1.54) is 0 Å². The van der Waals surface area contributed by atoms with Crippen molar-refractivity contribution in [3.8, 4) is 0 Å². The van der Waals surface area contributed by atoms with Gasteiger partial charge in [-0.2, -0.15) is 0 Å². The first-order valence-corrected chi connectivity index (χ1v) is 5.85. The number of nitrogens with zero attached hydrogens (tertiary/aromatic N) is 2. The van der Waals surface area contributed by atoms with Gasteiger partial charge >= 0.3 is 5.95 Å². The molecule has 1 heterocycles. The molecule has 5 heteroatoms. The predicted molar refractivity (Wildman–Crippen MR) is 64.3 cm³/mol. The van der Waals surface area contributed by atoms with E-state index in [0.717, 1.165) is 12.1 Å². The number of nitrogen functional groups attached to an aromatic ring is 1. The van der Waals surface area contributed by atoms with Gasteiger partial charge in [-0.3, -0.25) is 10.5 Å². The van der Waals surface area contributed by atoms with Gasteiger partial charge in [-0.15, -0.1) is 0 Å². The molecule has 0 spiro atoms. The number of fused-ring (bicyclic) bond motifs is 1. The zero-order valence-corrected chi connectivity index (χ0v) is 10.4. The smallest absolute Gasteiger partial charge is 0.328 e. The van der Waals surface area contributed by atoms with Crippen LogP contribution in [0.4, 0.5) is 5.95 Å². The number of carbonyl (C=O) groups excluding carboxylic acids is 1. The summed E-state index contributed by atoms with van der Waals surface area (Å²) in [4.78, 5) is 16.1. The van der Waals surface area contributed by atoms with Crippen molar-refractivity contribution in [2.45, 2.75) is 33.2 Å². The van der Waals surface area contributed by atoms with Gasteiger partial charge in [0.25, 0.3) is 0 Å². The topological polar surface area (TPSA) is 85.9 Å². The molecule has 0 atom stereocenters. The molecule has 0 aromatic carbocycles. The van der Waals surface area contributed by atoms with E-state index in [2.05, 4.69) is 18.8 Å². The third-order valence-electron chi connectivity index (χ3n) is 3.18. The first-order valence-electron chi connectivity index (χ1n) is 5.85. The fourth-order valence-electron chi connectivity index (χ4n) is 2.41. The van der Waals surface area contributed by atoms with Crippen LogP contribution in [-0.4, -0.2) is 17.3 Å². The van der Waals surface area contributed by atoms with Crippen molar-refractivity contribution in [1.29, 1.82) is 0 Å². The second-order valence-corrected chi connectivity index (χ2v) is 5.36. The summed E-state index contributed by atoms with van der Waals surface area (Å²) in [5.41, 5.74) is 13.1. The van der Waals surface area contributed by atoms with Crippen molar-refractivity contribution in [3.63, 3.8) is 0 Å². The Morgan fingerprint density at radius 2 is 2.18 bits per heavy atom. The van der Waals surface area contributed by atoms with Crippen molar-refractivity contribution in [2.75, 3.05) is 12.3 Å². The Labute approximate surface area is 101 Å². The van der Waals surface area contributed by atoms with Crippen molar-refractivity contribution in [1.82, 2.24) is 4.98 Å². The van der Waals surface area contributed by atoms with Crippen LogP contribution in [0.2, 0.25) is 0 Å². The van der Waals surface area contributed by atoms with E-state index in [4.69, 9.17) is 11.5 Å². The summed E-state index contributed by atoms with van der Waals surface area (Å²) in [6, 6.07) is 0.